The lowest BCUT2D eigenvalue weighted by molar-refractivity contribution is -0.119. The molecule has 0 atom stereocenters. The molecule has 5 nitrogen and oxygen atoms in total. The van der Waals surface area contributed by atoms with Crippen molar-refractivity contribution in [2.75, 3.05) is 0 Å². The highest BCUT2D eigenvalue weighted by Gasteiger charge is 2.15. The third kappa shape index (κ3) is 4.31. The van der Waals surface area contributed by atoms with E-state index in [1.807, 2.05) is 4.72 Å². The Morgan fingerprint density at radius 3 is 2.50 bits per heavy atom. The summed E-state index contributed by atoms with van der Waals surface area (Å²) < 4.78 is 29.1. The van der Waals surface area contributed by atoms with E-state index >= 15 is 0 Å². The Hall–Kier alpha value is -1.56. The van der Waals surface area contributed by atoms with Crippen LogP contribution in [0, 0.1) is 0 Å². The molecule has 0 saturated carbocycles. The van der Waals surface area contributed by atoms with E-state index in [-0.39, 0.29) is 12.2 Å². The normalized spacial score (nSPS) is 10.8. The second-order valence-electron chi connectivity index (χ2n) is 3.13. The fourth-order valence-corrected chi connectivity index (χ4v) is 1.83. The predicted octanol–water partition coefficient (Wildman–Crippen LogP) is 1.23. The molecule has 0 spiro atoms. The van der Waals surface area contributed by atoms with Gasteiger partial charge in [0, 0.05) is 6.42 Å². The smallest absolute Gasteiger partial charge is 0.367 e. The van der Waals surface area contributed by atoms with Crippen LogP contribution in [-0.4, -0.2) is 14.3 Å². The molecule has 0 aromatic heterocycles. The first-order valence-electron chi connectivity index (χ1n) is 4.83. The van der Waals surface area contributed by atoms with Crippen molar-refractivity contribution in [1.82, 2.24) is 4.72 Å². The first-order valence-corrected chi connectivity index (χ1v) is 6.24. The summed E-state index contributed by atoms with van der Waals surface area (Å²) in [5.74, 6) is -0.405. The highest BCUT2D eigenvalue weighted by molar-refractivity contribution is 7.85. The molecular weight excluding hydrogens is 230 g/mol. The van der Waals surface area contributed by atoms with Gasteiger partial charge in [-0.1, -0.05) is 25.1 Å². The van der Waals surface area contributed by atoms with Crippen LogP contribution in [0.25, 0.3) is 0 Å². The number of hydrogen-bond acceptors (Lipinski definition) is 4. The second kappa shape index (κ2) is 5.50. The van der Waals surface area contributed by atoms with Gasteiger partial charge in [-0.2, -0.15) is 8.42 Å². The van der Waals surface area contributed by atoms with Crippen LogP contribution in [0.3, 0.4) is 0 Å². The Labute approximate surface area is 94.7 Å². The molecule has 6 heteroatoms. The maximum Gasteiger partial charge on any atom is 0.409 e. The number of hydrogen-bond donors (Lipinski definition) is 1. The zero-order valence-corrected chi connectivity index (χ0v) is 9.66. The van der Waals surface area contributed by atoms with Gasteiger partial charge >= 0.3 is 10.3 Å². The summed E-state index contributed by atoms with van der Waals surface area (Å²) >= 11 is 0. The molecule has 0 saturated heterocycles. The summed E-state index contributed by atoms with van der Waals surface area (Å²) in [4.78, 5) is 11.1. The molecule has 1 aromatic rings. The summed E-state index contributed by atoms with van der Waals surface area (Å²) in [6.07, 6.45) is 0.726. The molecule has 0 radical (unpaired) electrons. The molecule has 0 bridgehead atoms. The van der Waals surface area contributed by atoms with Crippen molar-refractivity contribution in [1.29, 1.82) is 0 Å². The number of benzene rings is 1. The van der Waals surface area contributed by atoms with Crippen molar-refractivity contribution in [3.63, 3.8) is 0 Å². The van der Waals surface area contributed by atoms with Crippen LogP contribution < -0.4 is 8.91 Å². The molecule has 0 aliphatic carbocycles. The molecule has 1 amide bonds. The second-order valence-corrected chi connectivity index (χ2v) is 4.40. The Morgan fingerprint density at radius 2 is 1.94 bits per heavy atom. The maximum absolute atomic E-state index is 11.3. The van der Waals surface area contributed by atoms with Gasteiger partial charge in [0.2, 0.25) is 5.91 Å². The third-order valence-electron chi connectivity index (χ3n) is 1.67. The summed E-state index contributed by atoms with van der Waals surface area (Å²) in [5, 5.41) is 0. The van der Waals surface area contributed by atoms with Gasteiger partial charge in [-0.15, -0.1) is 0 Å². The number of amides is 1. The number of para-hydroxylation sites is 1. The molecule has 1 aromatic carbocycles. The Morgan fingerprint density at radius 1 is 1.31 bits per heavy atom. The molecular formula is C10H13NO4S. The molecule has 0 fully saturated rings. The van der Waals surface area contributed by atoms with E-state index in [9.17, 15) is 13.2 Å². The first kappa shape index (κ1) is 12.5. The van der Waals surface area contributed by atoms with E-state index in [4.69, 9.17) is 0 Å². The molecule has 0 aliphatic heterocycles. The van der Waals surface area contributed by atoms with Crippen molar-refractivity contribution in [2.24, 2.45) is 0 Å². The summed E-state index contributed by atoms with van der Waals surface area (Å²) in [6.45, 7) is 1.78. The number of carbonyl (C=O) groups excluding carboxylic acids is 1. The van der Waals surface area contributed by atoms with E-state index < -0.39 is 16.2 Å². The standard InChI is InChI=1S/C10H13NO4S/c1-2-6-10(12)11-16(13,14)15-9-7-4-3-5-8-9/h3-5,7-8H,2,6H2,1H3,(H,11,12). The van der Waals surface area contributed by atoms with Gasteiger partial charge in [0.05, 0.1) is 0 Å². The number of rotatable bonds is 5. The van der Waals surface area contributed by atoms with Gasteiger partial charge in [-0.25, -0.2) is 4.72 Å². The minimum atomic E-state index is -4.06. The van der Waals surface area contributed by atoms with Crippen LogP contribution in [0.1, 0.15) is 19.8 Å². The molecule has 88 valence electrons. The molecule has 1 N–H and O–H groups in total. The van der Waals surface area contributed by atoms with Crippen molar-refractivity contribution in [3.05, 3.63) is 30.3 Å². The monoisotopic (exact) mass is 243 g/mol. The Bertz CT molecular complexity index is 441. The fourth-order valence-electron chi connectivity index (χ4n) is 1.04. The molecule has 16 heavy (non-hydrogen) atoms. The van der Waals surface area contributed by atoms with E-state index in [1.165, 1.54) is 12.1 Å². The SMILES string of the molecule is CCCC(=O)NS(=O)(=O)Oc1ccccc1. The van der Waals surface area contributed by atoms with Gasteiger partial charge in [-0.05, 0) is 18.6 Å². The topological polar surface area (TPSA) is 72.5 Å². The van der Waals surface area contributed by atoms with Crippen molar-refractivity contribution in [3.8, 4) is 5.75 Å². The van der Waals surface area contributed by atoms with Crippen LogP contribution in [-0.2, 0) is 15.1 Å². The molecule has 0 aliphatic rings. The average Bonchev–Trinajstić information content (AvgIpc) is 2.17. The van der Waals surface area contributed by atoms with Crippen LogP contribution in [0.5, 0.6) is 5.75 Å². The lowest BCUT2D eigenvalue weighted by Gasteiger charge is -2.07. The van der Waals surface area contributed by atoms with Gasteiger partial charge in [0.1, 0.15) is 5.75 Å². The van der Waals surface area contributed by atoms with Gasteiger partial charge in [0.15, 0.2) is 0 Å². The Balaban J connectivity index is 2.63. The zero-order valence-electron chi connectivity index (χ0n) is 8.84. The van der Waals surface area contributed by atoms with Crippen molar-refractivity contribution >= 4 is 16.2 Å². The lowest BCUT2D eigenvalue weighted by Crippen LogP contribution is -2.33. The van der Waals surface area contributed by atoms with Gasteiger partial charge < -0.3 is 4.18 Å². The summed E-state index contributed by atoms with van der Waals surface area (Å²) in [5.41, 5.74) is 0. The van der Waals surface area contributed by atoms with Crippen molar-refractivity contribution < 1.29 is 17.4 Å². The van der Waals surface area contributed by atoms with E-state index in [0.717, 1.165) is 0 Å². The predicted molar refractivity (Wildman–Crippen MR) is 59.0 cm³/mol. The lowest BCUT2D eigenvalue weighted by atomic mass is 10.3. The summed E-state index contributed by atoms with van der Waals surface area (Å²) in [7, 11) is -4.06. The fraction of sp³-hybridized carbons (Fsp3) is 0.300. The first-order chi connectivity index (χ1) is 7.53. The number of nitrogens with one attached hydrogen (secondary N) is 1. The van der Waals surface area contributed by atoms with Crippen molar-refractivity contribution in [2.45, 2.75) is 19.8 Å². The van der Waals surface area contributed by atoms with E-state index in [2.05, 4.69) is 4.18 Å². The molecule has 1 rings (SSSR count). The molecule has 0 unspecified atom stereocenters. The largest absolute Gasteiger partial charge is 0.409 e. The highest BCUT2D eigenvalue weighted by Crippen LogP contribution is 2.10. The summed E-state index contributed by atoms with van der Waals surface area (Å²) in [6, 6.07) is 7.99. The van der Waals surface area contributed by atoms with Crippen LogP contribution in [0.15, 0.2) is 30.3 Å². The number of carbonyl (C=O) groups is 1. The van der Waals surface area contributed by atoms with Crippen LogP contribution in [0.4, 0.5) is 0 Å². The Kier molecular flexibility index (Phi) is 4.30. The van der Waals surface area contributed by atoms with E-state index in [1.54, 1.807) is 25.1 Å². The van der Waals surface area contributed by atoms with Crippen LogP contribution >= 0.6 is 0 Å². The maximum atomic E-state index is 11.3. The zero-order chi connectivity index (χ0) is 12.0. The van der Waals surface area contributed by atoms with E-state index in [0.29, 0.717) is 6.42 Å². The highest BCUT2D eigenvalue weighted by atomic mass is 32.2. The minimum absolute atomic E-state index is 0.150. The van der Waals surface area contributed by atoms with Crippen LogP contribution in [0.2, 0.25) is 0 Å². The van der Waals surface area contributed by atoms with Gasteiger partial charge in [0.25, 0.3) is 0 Å². The third-order valence-corrected chi connectivity index (χ3v) is 2.55. The van der Waals surface area contributed by atoms with Gasteiger partial charge in [-0.3, -0.25) is 4.79 Å². The molecule has 0 heterocycles. The quantitative estimate of drug-likeness (QED) is 0.844. The minimum Gasteiger partial charge on any atom is -0.367 e. The average molecular weight is 243 g/mol.